The van der Waals surface area contributed by atoms with Crippen LogP contribution in [-0.2, 0) is 29.8 Å². The normalized spacial score (nSPS) is 12.5. The van der Waals surface area contributed by atoms with Gasteiger partial charge in [-0.3, -0.25) is 4.57 Å². The Morgan fingerprint density at radius 1 is 1.23 bits per heavy atom. The van der Waals surface area contributed by atoms with Crippen molar-refractivity contribution in [3.8, 4) is 0 Å². The Bertz CT molecular complexity index is 541. The number of hydrogen-bond acceptors (Lipinski definition) is 6. The second kappa shape index (κ2) is 8.53. The molecule has 0 bridgehead atoms. The molecule has 8 nitrogen and oxygen atoms in total. The molecule has 0 fully saturated rings. The molecule has 9 heteroatoms. The molecule has 0 saturated heterocycles. The minimum absolute atomic E-state index is 0.00870. The molecule has 0 heterocycles. The summed E-state index contributed by atoms with van der Waals surface area (Å²) in [4.78, 5) is 22.7. The van der Waals surface area contributed by atoms with E-state index < -0.39 is 31.9 Å². The molecule has 1 rings (SSSR count). The van der Waals surface area contributed by atoms with E-state index in [0.29, 0.717) is 0 Å². The molecule has 22 heavy (non-hydrogen) atoms. The van der Waals surface area contributed by atoms with Crippen molar-refractivity contribution in [1.82, 2.24) is 5.32 Å². The summed E-state index contributed by atoms with van der Waals surface area (Å²) in [6, 6.07) is 7.44. The third-order valence-corrected chi connectivity index (χ3v) is 4.69. The Morgan fingerprint density at radius 2 is 1.82 bits per heavy atom. The number of carboxylic acid groups (broad SMARTS) is 1. The lowest BCUT2D eigenvalue weighted by Gasteiger charge is -2.19. The molecule has 122 valence electrons. The largest absolute Gasteiger partial charge is 0.480 e. The third kappa shape index (κ3) is 5.85. The van der Waals surface area contributed by atoms with Crippen LogP contribution in [0, 0.1) is 0 Å². The maximum atomic E-state index is 11.9. The van der Waals surface area contributed by atoms with Crippen LogP contribution in [0.15, 0.2) is 30.3 Å². The highest BCUT2D eigenvalue weighted by Crippen LogP contribution is 2.46. The Hall–Kier alpha value is -1.89. The van der Waals surface area contributed by atoms with Gasteiger partial charge in [0.1, 0.15) is 12.6 Å². The van der Waals surface area contributed by atoms with Crippen LogP contribution in [-0.4, -0.2) is 43.6 Å². The van der Waals surface area contributed by atoms with Crippen LogP contribution in [0.4, 0.5) is 4.79 Å². The SMILES string of the molecule is COP(=O)(CC(NC(=O)OCc1ccccc1)C(=O)O)OC. The topological polar surface area (TPSA) is 111 Å². The second-order valence-corrected chi connectivity index (χ2v) is 6.57. The third-order valence-electron chi connectivity index (χ3n) is 2.77. The fourth-order valence-corrected chi connectivity index (χ4v) is 2.68. The first-order valence-corrected chi connectivity index (χ1v) is 8.03. The summed E-state index contributed by atoms with van der Waals surface area (Å²) in [5, 5.41) is 11.2. The summed E-state index contributed by atoms with van der Waals surface area (Å²) in [6.45, 7) is -0.00870. The van der Waals surface area contributed by atoms with Gasteiger partial charge in [0.05, 0.1) is 6.16 Å². The summed E-state index contributed by atoms with van der Waals surface area (Å²) in [7, 11) is -1.30. The fraction of sp³-hybridized carbons (Fsp3) is 0.385. The van der Waals surface area contributed by atoms with Crippen molar-refractivity contribution >= 4 is 19.7 Å². The molecule has 0 radical (unpaired) electrons. The van der Waals surface area contributed by atoms with Crippen LogP contribution >= 0.6 is 7.60 Å². The van der Waals surface area contributed by atoms with E-state index in [-0.39, 0.29) is 6.61 Å². The molecule has 0 aliphatic heterocycles. The number of amides is 1. The molecular formula is C13H18NO7P. The van der Waals surface area contributed by atoms with Crippen molar-refractivity contribution in [2.75, 3.05) is 20.4 Å². The monoisotopic (exact) mass is 331 g/mol. The van der Waals surface area contributed by atoms with Gasteiger partial charge in [-0.1, -0.05) is 30.3 Å². The first kappa shape index (κ1) is 18.2. The van der Waals surface area contributed by atoms with E-state index in [1.807, 2.05) is 6.07 Å². The lowest BCUT2D eigenvalue weighted by molar-refractivity contribution is -0.138. The Kier molecular flexibility index (Phi) is 7.04. The minimum Gasteiger partial charge on any atom is -0.480 e. The van der Waals surface area contributed by atoms with Crippen LogP contribution in [0.2, 0.25) is 0 Å². The van der Waals surface area contributed by atoms with Crippen LogP contribution < -0.4 is 5.32 Å². The lowest BCUT2D eigenvalue weighted by Crippen LogP contribution is -2.43. The minimum atomic E-state index is -3.58. The van der Waals surface area contributed by atoms with Crippen molar-refractivity contribution in [2.24, 2.45) is 0 Å². The molecular weight excluding hydrogens is 313 g/mol. The number of alkyl carbamates (subject to hydrolysis) is 1. The zero-order valence-corrected chi connectivity index (χ0v) is 13.1. The molecule has 0 aliphatic rings. The zero-order chi connectivity index (χ0) is 16.6. The maximum absolute atomic E-state index is 11.9. The lowest BCUT2D eigenvalue weighted by atomic mass is 10.2. The molecule has 0 spiro atoms. The van der Waals surface area contributed by atoms with Gasteiger partial charge in [-0.15, -0.1) is 0 Å². The molecule has 2 N–H and O–H groups in total. The van der Waals surface area contributed by atoms with Crippen molar-refractivity contribution in [3.63, 3.8) is 0 Å². The number of nitrogens with one attached hydrogen (secondary N) is 1. The van der Waals surface area contributed by atoms with Gasteiger partial charge in [0.2, 0.25) is 0 Å². The number of benzene rings is 1. The van der Waals surface area contributed by atoms with Gasteiger partial charge in [0.25, 0.3) is 0 Å². The average Bonchev–Trinajstić information content (AvgIpc) is 2.53. The van der Waals surface area contributed by atoms with E-state index in [2.05, 4.69) is 14.4 Å². The van der Waals surface area contributed by atoms with Gasteiger partial charge in [0, 0.05) is 14.2 Å². The quantitative estimate of drug-likeness (QED) is 0.699. The summed E-state index contributed by atoms with van der Waals surface area (Å²) >= 11 is 0. The van der Waals surface area contributed by atoms with Crippen LogP contribution in [0.5, 0.6) is 0 Å². The second-order valence-electron chi connectivity index (χ2n) is 4.26. The van der Waals surface area contributed by atoms with Gasteiger partial charge in [0.15, 0.2) is 0 Å². The van der Waals surface area contributed by atoms with E-state index in [4.69, 9.17) is 9.84 Å². The fourth-order valence-electron chi connectivity index (χ4n) is 1.54. The van der Waals surface area contributed by atoms with Crippen LogP contribution in [0.1, 0.15) is 5.56 Å². The van der Waals surface area contributed by atoms with E-state index >= 15 is 0 Å². The average molecular weight is 331 g/mol. The van der Waals surface area contributed by atoms with Crippen molar-refractivity contribution in [1.29, 1.82) is 0 Å². The number of rotatable bonds is 8. The van der Waals surface area contributed by atoms with Gasteiger partial charge >= 0.3 is 19.7 Å². The number of aliphatic carboxylic acids is 1. The van der Waals surface area contributed by atoms with Gasteiger partial charge in [-0.05, 0) is 5.56 Å². The van der Waals surface area contributed by atoms with E-state index in [9.17, 15) is 14.2 Å². The number of ether oxygens (including phenoxy) is 1. The standard InChI is InChI=1S/C13H18NO7P/c1-19-22(18,20-2)9-11(12(15)16)14-13(17)21-8-10-6-4-3-5-7-10/h3-7,11H,8-9H2,1-2H3,(H,14,17)(H,15,16). The number of carbonyl (C=O) groups is 2. The molecule has 1 atom stereocenters. The van der Waals surface area contributed by atoms with Gasteiger partial charge < -0.3 is 24.2 Å². The maximum Gasteiger partial charge on any atom is 0.408 e. The van der Waals surface area contributed by atoms with Crippen molar-refractivity contribution in [3.05, 3.63) is 35.9 Å². The molecule has 1 amide bonds. The number of carboxylic acids is 1. The molecule has 1 unspecified atom stereocenters. The van der Waals surface area contributed by atoms with Crippen LogP contribution in [0.25, 0.3) is 0 Å². The highest BCUT2D eigenvalue weighted by Gasteiger charge is 2.32. The molecule has 0 saturated carbocycles. The molecule has 0 aliphatic carbocycles. The number of hydrogen-bond donors (Lipinski definition) is 2. The Morgan fingerprint density at radius 3 is 2.32 bits per heavy atom. The summed E-state index contributed by atoms with van der Waals surface area (Å²) in [5.41, 5.74) is 0.754. The molecule has 1 aromatic carbocycles. The van der Waals surface area contributed by atoms with Gasteiger partial charge in [-0.2, -0.15) is 0 Å². The predicted octanol–water partition coefficient (Wildman–Crippen LogP) is 1.85. The first-order chi connectivity index (χ1) is 10.4. The zero-order valence-electron chi connectivity index (χ0n) is 12.2. The molecule has 0 aromatic heterocycles. The summed E-state index contributed by atoms with van der Waals surface area (Å²) < 4.78 is 26.1. The Balaban J connectivity index is 2.57. The predicted molar refractivity (Wildman–Crippen MR) is 77.7 cm³/mol. The van der Waals surface area contributed by atoms with Crippen LogP contribution in [0.3, 0.4) is 0 Å². The first-order valence-electron chi connectivity index (χ1n) is 6.30. The van der Waals surface area contributed by atoms with Crippen molar-refractivity contribution in [2.45, 2.75) is 12.6 Å². The highest BCUT2D eigenvalue weighted by molar-refractivity contribution is 7.53. The van der Waals surface area contributed by atoms with E-state index in [1.54, 1.807) is 24.3 Å². The summed E-state index contributed by atoms with van der Waals surface area (Å²) in [6.07, 6.45) is -1.44. The highest BCUT2D eigenvalue weighted by atomic mass is 31.2. The molecule has 1 aromatic rings. The Labute approximate surface area is 127 Å². The van der Waals surface area contributed by atoms with Crippen molar-refractivity contribution < 1.29 is 33.0 Å². The van der Waals surface area contributed by atoms with E-state index in [0.717, 1.165) is 19.8 Å². The van der Waals surface area contributed by atoms with Gasteiger partial charge in [-0.25, -0.2) is 9.59 Å². The smallest absolute Gasteiger partial charge is 0.408 e. The van der Waals surface area contributed by atoms with E-state index in [1.165, 1.54) is 0 Å². The summed E-state index contributed by atoms with van der Waals surface area (Å²) in [5.74, 6) is -1.37. The number of carbonyl (C=O) groups excluding carboxylic acids is 1.